The van der Waals surface area contributed by atoms with E-state index in [2.05, 4.69) is 0 Å². The van der Waals surface area contributed by atoms with Crippen LogP contribution >= 0.6 is 0 Å². The second kappa shape index (κ2) is 5.98. The normalized spacial score (nSPS) is 24.1. The molecule has 1 aromatic heterocycles. The van der Waals surface area contributed by atoms with Crippen LogP contribution in [0.2, 0.25) is 0 Å². The Kier molecular flexibility index (Phi) is 3.83. The third-order valence-electron chi connectivity index (χ3n) is 4.92. The fourth-order valence-electron chi connectivity index (χ4n) is 3.87. The fourth-order valence-corrected chi connectivity index (χ4v) is 3.87. The van der Waals surface area contributed by atoms with E-state index in [0.717, 1.165) is 35.8 Å². The molecule has 2 fully saturated rings. The maximum absolute atomic E-state index is 13.1. The van der Waals surface area contributed by atoms with Gasteiger partial charge in [-0.3, -0.25) is 4.79 Å². The highest BCUT2D eigenvalue weighted by molar-refractivity contribution is 5.99. The molecule has 1 saturated carbocycles. The lowest BCUT2D eigenvalue weighted by molar-refractivity contribution is -0.0454. The highest BCUT2D eigenvalue weighted by Crippen LogP contribution is 2.33. The van der Waals surface area contributed by atoms with Crippen molar-refractivity contribution in [1.82, 2.24) is 4.90 Å². The van der Waals surface area contributed by atoms with Gasteiger partial charge >= 0.3 is 0 Å². The number of fused-ring (bicyclic) bond motifs is 2. The molecule has 2 atom stereocenters. The number of carbonyl (C=O) groups is 1. The first-order valence-electron chi connectivity index (χ1n) is 8.21. The molecule has 2 heterocycles. The Bertz CT molecular complexity index is 723. The van der Waals surface area contributed by atoms with Crippen LogP contribution in [0.15, 0.2) is 28.7 Å². The molecule has 0 spiro atoms. The van der Waals surface area contributed by atoms with Gasteiger partial charge in [0.1, 0.15) is 5.58 Å². The highest BCUT2D eigenvalue weighted by atomic mass is 16.5. The minimum absolute atomic E-state index is 0.0338. The van der Waals surface area contributed by atoms with Crippen LogP contribution in [0.1, 0.15) is 35.4 Å². The molecule has 1 aliphatic heterocycles. The van der Waals surface area contributed by atoms with Gasteiger partial charge in [0.15, 0.2) is 5.76 Å². The average Bonchev–Trinajstić information content (AvgIpc) is 3.19. The number of carbonyl (C=O) groups excluding carboxylic acids is 1. The molecular weight excluding hydrogens is 294 g/mol. The minimum Gasteiger partial charge on any atom is -0.451 e. The number of morpholine rings is 1. The van der Waals surface area contributed by atoms with Gasteiger partial charge in [-0.15, -0.1) is 0 Å². The van der Waals surface area contributed by atoms with Gasteiger partial charge in [-0.05, 0) is 25.3 Å². The summed E-state index contributed by atoms with van der Waals surface area (Å²) < 4.78 is 17.0. The van der Waals surface area contributed by atoms with Crippen LogP contribution in [0.4, 0.5) is 0 Å². The topological polar surface area (TPSA) is 51.9 Å². The van der Waals surface area contributed by atoms with Gasteiger partial charge < -0.3 is 18.8 Å². The second-order valence-corrected chi connectivity index (χ2v) is 6.24. The van der Waals surface area contributed by atoms with Crippen molar-refractivity contribution >= 4 is 16.9 Å². The molecule has 1 amide bonds. The molecule has 2 aliphatic rings. The number of rotatable bonds is 3. The first-order chi connectivity index (χ1) is 11.3. The third kappa shape index (κ3) is 2.44. The number of methoxy groups -OCH3 is 1. The van der Waals surface area contributed by atoms with Crippen molar-refractivity contribution in [2.75, 3.05) is 20.3 Å². The molecule has 0 bridgehead atoms. The van der Waals surface area contributed by atoms with Crippen molar-refractivity contribution < 1.29 is 18.7 Å². The van der Waals surface area contributed by atoms with E-state index in [1.165, 1.54) is 0 Å². The predicted octanol–water partition coefficient (Wildman–Crippen LogP) is 2.97. The van der Waals surface area contributed by atoms with Gasteiger partial charge in [0.05, 0.1) is 25.4 Å². The van der Waals surface area contributed by atoms with E-state index in [9.17, 15) is 4.79 Å². The number of amides is 1. The highest BCUT2D eigenvalue weighted by Gasteiger charge is 2.40. The Hall–Kier alpha value is -1.85. The lowest BCUT2D eigenvalue weighted by Gasteiger charge is -2.37. The average molecular weight is 315 g/mol. The van der Waals surface area contributed by atoms with Crippen molar-refractivity contribution in [3.63, 3.8) is 0 Å². The van der Waals surface area contributed by atoms with E-state index < -0.39 is 0 Å². The summed E-state index contributed by atoms with van der Waals surface area (Å²) in [4.78, 5) is 15.1. The van der Waals surface area contributed by atoms with Gasteiger partial charge in [0.2, 0.25) is 0 Å². The van der Waals surface area contributed by atoms with Gasteiger partial charge in [-0.1, -0.05) is 18.2 Å². The zero-order chi connectivity index (χ0) is 15.8. The molecule has 1 aromatic carbocycles. The van der Waals surface area contributed by atoms with Crippen LogP contribution in [0, 0.1) is 0 Å². The molecule has 0 N–H and O–H groups in total. The molecule has 2 aromatic rings. The van der Waals surface area contributed by atoms with Gasteiger partial charge in [-0.2, -0.15) is 0 Å². The molecule has 2 unspecified atom stereocenters. The Morgan fingerprint density at radius 1 is 1.35 bits per heavy atom. The Balaban J connectivity index is 1.72. The minimum atomic E-state index is -0.0338. The molecule has 23 heavy (non-hydrogen) atoms. The standard InChI is InChI=1S/C18H21NO4/c1-21-11-13-12-5-2-3-7-15(12)23-17(13)18(20)19-9-10-22-16-8-4-6-14(16)19/h2-3,5,7,14,16H,4,6,8-11H2,1H3. The molecular formula is C18H21NO4. The third-order valence-corrected chi connectivity index (χ3v) is 4.92. The van der Waals surface area contributed by atoms with Gasteiger partial charge in [-0.25, -0.2) is 0 Å². The number of benzene rings is 1. The summed E-state index contributed by atoms with van der Waals surface area (Å²) in [7, 11) is 1.64. The molecule has 0 radical (unpaired) electrons. The van der Waals surface area contributed by atoms with Crippen LogP contribution in [-0.2, 0) is 16.1 Å². The van der Waals surface area contributed by atoms with Crippen molar-refractivity contribution in [3.05, 3.63) is 35.6 Å². The summed E-state index contributed by atoms with van der Waals surface area (Å²) in [5, 5.41) is 0.953. The molecule has 5 heteroatoms. The molecule has 4 rings (SSSR count). The summed E-state index contributed by atoms with van der Waals surface area (Å²) in [5.41, 5.74) is 1.58. The summed E-state index contributed by atoms with van der Waals surface area (Å²) >= 11 is 0. The predicted molar refractivity (Wildman–Crippen MR) is 85.3 cm³/mol. The Morgan fingerprint density at radius 3 is 3.09 bits per heavy atom. The zero-order valence-electron chi connectivity index (χ0n) is 13.3. The summed E-state index contributed by atoms with van der Waals surface area (Å²) in [6.45, 7) is 1.60. The zero-order valence-corrected chi connectivity index (χ0v) is 13.3. The molecule has 122 valence electrons. The Morgan fingerprint density at radius 2 is 2.22 bits per heavy atom. The van der Waals surface area contributed by atoms with E-state index in [-0.39, 0.29) is 18.1 Å². The molecule has 5 nitrogen and oxygen atoms in total. The van der Waals surface area contributed by atoms with Crippen molar-refractivity contribution in [2.24, 2.45) is 0 Å². The summed E-state index contributed by atoms with van der Waals surface area (Å²) in [6.07, 6.45) is 3.35. The Labute approximate surface area is 135 Å². The SMILES string of the molecule is COCc1c(C(=O)N2CCOC3CCCC32)oc2ccccc12. The smallest absolute Gasteiger partial charge is 0.290 e. The van der Waals surface area contributed by atoms with E-state index >= 15 is 0 Å². The monoisotopic (exact) mass is 315 g/mol. The lowest BCUT2D eigenvalue weighted by atomic mass is 10.1. The maximum Gasteiger partial charge on any atom is 0.290 e. The number of hydrogen-bond acceptors (Lipinski definition) is 4. The molecule has 1 aliphatic carbocycles. The van der Waals surface area contributed by atoms with Crippen molar-refractivity contribution in [1.29, 1.82) is 0 Å². The molecule has 1 saturated heterocycles. The van der Waals surface area contributed by atoms with Gasteiger partial charge in [0.25, 0.3) is 5.91 Å². The van der Waals surface area contributed by atoms with E-state index in [0.29, 0.717) is 25.5 Å². The van der Waals surface area contributed by atoms with E-state index in [1.807, 2.05) is 29.2 Å². The van der Waals surface area contributed by atoms with Crippen LogP contribution < -0.4 is 0 Å². The number of nitrogens with zero attached hydrogens (tertiary/aromatic N) is 1. The van der Waals surface area contributed by atoms with Crippen LogP contribution in [0.5, 0.6) is 0 Å². The first kappa shape index (κ1) is 14.7. The van der Waals surface area contributed by atoms with Crippen LogP contribution in [-0.4, -0.2) is 43.2 Å². The quantitative estimate of drug-likeness (QED) is 0.874. The second-order valence-electron chi connectivity index (χ2n) is 6.24. The van der Waals surface area contributed by atoms with Crippen LogP contribution in [0.3, 0.4) is 0 Å². The number of para-hydroxylation sites is 1. The van der Waals surface area contributed by atoms with Crippen molar-refractivity contribution in [2.45, 2.75) is 38.0 Å². The number of furan rings is 1. The number of hydrogen-bond donors (Lipinski definition) is 0. The summed E-state index contributed by atoms with van der Waals surface area (Å²) in [5.74, 6) is 0.383. The summed E-state index contributed by atoms with van der Waals surface area (Å²) in [6, 6.07) is 7.91. The number of ether oxygens (including phenoxy) is 2. The largest absolute Gasteiger partial charge is 0.451 e. The maximum atomic E-state index is 13.1. The van der Waals surface area contributed by atoms with E-state index in [1.54, 1.807) is 7.11 Å². The van der Waals surface area contributed by atoms with Gasteiger partial charge in [0, 0.05) is 24.6 Å². The van der Waals surface area contributed by atoms with E-state index in [4.69, 9.17) is 13.9 Å². The fraction of sp³-hybridized carbons (Fsp3) is 0.500. The lowest BCUT2D eigenvalue weighted by Crippen LogP contribution is -2.51. The first-order valence-corrected chi connectivity index (χ1v) is 8.21. The van der Waals surface area contributed by atoms with Crippen LogP contribution in [0.25, 0.3) is 11.0 Å². The van der Waals surface area contributed by atoms with Crippen molar-refractivity contribution in [3.8, 4) is 0 Å².